The molecule has 0 aromatic heterocycles. The van der Waals surface area contributed by atoms with E-state index in [1.54, 1.807) is 0 Å². The van der Waals surface area contributed by atoms with Crippen LogP contribution >= 0.6 is 0 Å². The van der Waals surface area contributed by atoms with Gasteiger partial charge in [0.05, 0.1) is 6.04 Å². The summed E-state index contributed by atoms with van der Waals surface area (Å²) in [6.45, 7) is 2.02. The normalized spacial score (nSPS) is 42.6. The van der Waals surface area contributed by atoms with Crippen molar-refractivity contribution in [3.63, 3.8) is 0 Å². The van der Waals surface area contributed by atoms with Crippen molar-refractivity contribution in [2.75, 3.05) is 0 Å². The molecular weight excluding hydrogens is 142 g/mol. The molecule has 3 heteroatoms. The fourth-order valence-electron chi connectivity index (χ4n) is 2.03. The van der Waals surface area contributed by atoms with Gasteiger partial charge < -0.3 is 10.1 Å². The number of rotatable bonds is 0. The maximum Gasteiger partial charge on any atom is 0.408 e. The van der Waals surface area contributed by atoms with Gasteiger partial charge in [0, 0.05) is 0 Å². The standard InChI is InChI=1S/C8H13NO2/c1-8-5-3-2-4-6(8)9-7(10)11-8/h6H,2-5H2,1H3,(H,9,10)/t6-,8+/m0/s1. The van der Waals surface area contributed by atoms with Gasteiger partial charge in [-0.1, -0.05) is 6.42 Å². The van der Waals surface area contributed by atoms with Crippen LogP contribution in [0, 0.1) is 0 Å². The van der Waals surface area contributed by atoms with Gasteiger partial charge in [-0.3, -0.25) is 0 Å². The minimum Gasteiger partial charge on any atom is -0.441 e. The van der Waals surface area contributed by atoms with Crippen molar-refractivity contribution in [3.05, 3.63) is 0 Å². The Bertz CT molecular complexity index is 193. The summed E-state index contributed by atoms with van der Waals surface area (Å²) in [5.74, 6) is 0. The number of hydrogen-bond acceptors (Lipinski definition) is 2. The Morgan fingerprint density at radius 3 is 3.18 bits per heavy atom. The first-order chi connectivity index (χ1) is 5.21. The molecule has 1 aliphatic heterocycles. The third-order valence-electron chi connectivity index (χ3n) is 2.77. The zero-order chi connectivity index (χ0) is 7.90. The molecule has 0 bridgehead atoms. The van der Waals surface area contributed by atoms with Crippen LogP contribution in [0.2, 0.25) is 0 Å². The van der Waals surface area contributed by atoms with Crippen molar-refractivity contribution >= 4 is 6.09 Å². The van der Waals surface area contributed by atoms with Crippen LogP contribution in [0.25, 0.3) is 0 Å². The number of ether oxygens (including phenoxy) is 1. The Kier molecular flexibility index (Phi) is 1.34. The van der Waals surface area contributed by atoms with E-state index in [-0.39, 0.29) is 17.7 Å². The maximum absolute atomic E-state index is 10.9. The summed E-state index contributed by atoms with van der Waals surface area (Å²) in [5.41, 5.74) is -0.199. The summed E-state index contributed by atoms with van der Waals surface area (Å²) in [4.78, 5) is 10.9. The molecule has 1 N–H and O–H groups in total. The lowest BCUT2D eigenvalue weighted by molar-refractivity contribution is 0.0283. The van der Waals surface area contributed by atoms with Gasteiger partial charge in [0.1, 0.15) is 5.60 Å². The molecule has 1 amide bonds. The highest BCUT2D eigenvalue weighted by Crippen LogP contribution is 2.34. The van der Waals surface area contributed by atoms with Gasteiger partial charge in [0.15, 0.2) is 0 Å². The third-order valence-corrected chi connectivity index (χ3v) is 2.77. The SMILES string of the molecule is C[C@@]12CCCC[C@@H]1NC(=O)O2. The van der Waals surface area contributed by atoms with Gasteiger partial charge in [-0.15, -0.1) is 0 Å². The number of fused-ring (bicyclic) bond motifs is 1. The zero-order valence-electron chi connectivity index (χ0n) is 6.72. The molecule has 0 unspecified atom stereocenters. The number of amides is 1. The molecule has 2 rings (SSSR count). The van der Waals surface area contributed by atoms with Crippen molar-refractivity contribution in [1.29, 1.82) is 0 Å². The van der Waals surface area contributed by atoms with Gasteiger partial charge in [-0.25, -0.2) is 4.79 Å². The molecule has 0 aromatic carbocycles. The highest BCUT2D eigenvalue weighted by atomic mass is 16.6. The highest BCUT2D eigenvalue weighted by molar-refractivity contribution is 5.71. The number of alkyl carbamates (subject to hydrolysis) is 1. The van der Waals surface area contributed by atoms with Gasteiger partial charge in [0.25, 0.3) is 0 Å². The van der Waals surface area contributed by atoms with Crippen molar-refractivity contribution in [2.45, 2.75) is 44.2 Å². The van der Waals surface area contributed by atoms with E-state index in [0.717, 1.165) is 12.8 Å². The summed E-state index contributed by atoms with van der Waals surface area (Å²) in [5, 5.41) is 2.84. The topological polar surface area (TPSA) is 38.3 Å². The number of nitrogens with one attached hydrogen (secondary N) is 1. The van der Waals surface area contributed by atoms with E-state index in [1.165, 1.54) is 12.8 Å². The van der Waals surface area contributed by atoms with Crippen LogP contribution in [0.15, 0.2) is 0 Å². The molecule has 0 spiro atoms. The largest absolute Gasteiger partial charge is 0.441 e. The fraction of sp³-hybridized carbons (Fsp3) is 0.875. The average Bonchev–Trinajstić information content (AvgIpc) is 2.22. The van der Waals surface area contributed by atoms with E-state index in [2.05, 4.69) is 5.32 Å². The Balaban J connectivity index is 2.17. The molecule has 2 fully saturated rings. The monoisotopic (exact) mass is 155 g/mol. The lowest BCUT2D eigenvalue weighted by atomic mass is 9.82. The molecule has 0 aromatic rings. The van der Waals surface area contributed by atoms with E-state index in [4.69, 9.17) is 4.74 Å². The Hall–Kier alpha value is -0.730. The van der Waals surface area contributed by atoms with Crippen LogP contribution in [0.1, 0.15) is 32.6 Å². The summed E-state index contributed by atoms with van der Waals surface area (Å²) < 4.78 is 5.20. The van der Waals surface area contributed by atoms with Gasteiger partial charge in [-0.2, -0.15) is 0 Å². The molecule has 1 saturated carbocycles. The third kappa shape index (κ3) is 0.988. The predicted molar refractivity (Wildman–Crippen MR) is 40.3 cm³/mol. The quantitative estimate of drug-likeness (QED) is 0.574. The lowest BCUT2D eigenvalue weighted by Crippen LogP contribution is -2.43. The molecule has 3 nitrogen and oxygen atoms in total. The summed E-state index contributed by atoms with van der Waals surface area (Å²) in [7, 11) is 0. The number of carbonyl (C=O) groups is 1. The second-order valence-corrected chi connectivity index (χ2v) is 3.64. The van der Waals surface area contributed by atoms with Gasteiger partial charge in [-0.05, 0) is 26.2 Å². The van der Waals surface area contributed by atoms with Crippen LogP contribution in [0.5, 0.6) is 0 Å². The first-order valence-electron chi connectivity index (χ1n) is 4.20. The van der Waals surface area contributed by atoms with E-state index in [1.807, 2.05) is 6.92 Å². The van der Waals surface area contributed by atoms with Crippen LogP contribution in [-0.4, -0.2) is 17.7 Å². The predicted octanol–water partition coefficient (Wildman–Crippen LogP) is 1.43. The lowest BCUT2D eigenvalue weighted by Gasteiger charge is -2.32. The van der Waals surface area contributed by atoms with Crippen LogP contribution in [0.3, 0.4) is 0 Å². The number of hydrogen-bond donors (Lipinski definition) is 1. The highest BCUT2D eigenvalue weighted by Gasteiger charge is 2.46. The first-order valence-corrected chi connectivity index (χ1v) is 4.20. The minimum absolute atomic E-state index is 0.199. The smallest absolute Gasteiger partial charge is 0.408 e. The van der Waals surface area contributed by atoms with Crippen LogP contribution < -0.4 is 5.32 Å². The summed E-state index contributed by atoms with van der Waals surface area (Å²) in [6, 6.07) is 0.267. The molecule has 11 heavy (non-hydrogen) atoms. The molecule has 1 aliphatic carbocycles. The van der Waals surface area contributed by atoms with E-state index in [0.29, 0.717) is 0 Å². The van der Waals surface area contributed by atoms with Crippen molar-refractivity contribution in [1.82, 2.24) is 5.32 Å². The fourth-order valence-corrected chi connectivity index (χ4v) is 2.03. The second-order valence-electron chi connectivity index (χ2n) is 3.64. The summed E-state index contributed by atoms with van der Waals surface area (Å²) >= 11 is 0. The molecule has 1 saturated heterocycles. The van der Waals surface area contributed by atoms with Crippen molar-refractivity contribution < 1.29 is 9.53 Å². The van der Waals surface area contributed by atoms with Gasteiger partial charge in [0.2, 0.25) is 0 Å². The van der Waals surface area contributed by atoms with Gasteiger partial charge >= 0.3 is 6.09 Å². The van der Waals surface area contributed by atoms with E-state index < -0.39 is 0 Å². The average molecular weight is 155 g/mol. The molecule has 2 atom stereocenters. The van der Waals surface area contributed by atoms with Crippen molar-refractivity contribution in [2.24, 2.45) is 0 Å². The second kappa shape index (κ2) is 2.13. The number of carbonyl (C=O) groups excluding carboxylic acids is 1. The molecule has 1 heterocycles. The minimum atomic E-state index is -0.237. The molecule has 62 valence electrons. The Labute approximate surface area is 66.1 Å². The van der Waals surface area contributed by atoms with E-state index >= 15 is 0 Å². The van der Waals surface area contributed by atoms with Crippen molar-refractivity contribution in [3.8, 4) is 0 Å². The molecule has 2 aliphatic rings. The molecular formula is C8H13NO2. The van der Waals surface area contributed by atoms with Crippen LogP contribution in [0.4, 0.5) is 4.79 Å². The van der Waals surface area contributed by atoms with Crippen LogP contribution in [-0.2, 0) is 4.74 Å². The Morgan fingerprint density at radius 1 is 1.64 bits per heavy atom. The Morgan fingerprint density at radius 2 is 2.45 bits per heavy atom. The van der Waals surface area contributed by atoms with E-state index in [9.17, 15) is 4.79 Å². The first kappa shape index (κ1) is 6.95. The molecule has 0 radical (unpaired) electrons. The maximum atomic E-state index is 10.9. The zero-order valence-corrected chi connectivity index (χ0v) is 6.72. The summed E-state index contributed by atoms with van der Waals surface area (Å²) in [6.07, 6.45) is 4.24.